The summed E-state index contributed by atoms with van der Waals surface area (Å²) in [4.78, 5) is 12.8. The van der Waals surface area contributed by atoms with Crippen molar-refractivity contribution in [2.24, 2.45) is 0 Å². The van der Waals surface area contributed by atoms with Gasteiger partial charge in [-0.25, -0.2) is 19.3 Å². The normalized spacial score (nSPS) is 11.5. The van der Waals surface area contributed by atoms with Gasteiger partial charge in [-0.05, 0) is 48.7 Å². The minimum Gasteiger partial charge on any atom is -0.354 e. The standard InChI is InChI=1S/C24H21F4N5/c25-19-10-8-18(9-11-19)21-22(33(16-31-21)15-24(26,27)28)20-12-14-30-23(32-20)29-13-4-7-17-5-2-1-3-6-17/h1-3,5-6,8-12,14,16H,4,7,13,15H2,(H,29,30,32). The van der Waals surface area contributed by atoms with Crippen LogP contribution in [0.25, 0.3) is 22.6 Å². The maximum atomic E-state index is 13.4. The van der Waals surface area contributed by atoms with E-state index >= 15 is 0 Å². The predicted molar refractivity (Wildman–Crippen MR) is 118 cm³/mol. The van der Waals surface area contributed by atoms with E-state index in [0.29, 0.717) is 18.1 Å². The second-order valence-corrected chi connectivity index (χ2v) is 7.47. The van der Waals surface area contributed by atoms with E-state index in [9.17, 15) is 17.6 Å². The van der Waals surface area contributed by atoms with E-state index in [-0.39, 0.29) is 17.1 Å². The van der Waals surface area contributed by atoms with Crippen molar-refractivity contribution in [1.82, 2.24) is 19.5 Å². The lowest BCUT2D eigenvalue weighted by molar-refractivity contribution is -0.140. The molecule has 0 aliphatic heterocycles. The maximum absolute atomic E-state index is 13.4. The maximum Gasteiger partial charge on any atom is 0.406 e. The molecule has 2 aromatic heterocycles. The van der Waals surface area contributed by atoms with Gasteiger partial charge in [0.25, 0.3) is 0 Å². The van der Waals surface area contributed by atoms with Crippen LogP contribution in [0.5, 0.6) is 0 Å². The van der Waals surface area contributed by atoms with Crippen LogP contribution in [-0.4, -0.2) is 32.2 Å². The lowest BCUT2D eigenvalue weighted by atomic mass is 10.1. The second-order valence-electron chi connectivity index (χ2n) is 7.47. The van der Waals surface area contributed by atoms with Crippen molar-refractivity contribution in [1.29, 1.82) is 0 Å². The Balaban J connectivity index is 1.58. The highest BCUT2D eigenvalue weighted by molar-refractivity contribution is 5.77. The first-order valence-corrected chi connectivity index (χ1v) is 10.4. The second kappa shape index (κ2) is 9.81. The highest BCUT2D eigenvalue weighted by Gasteiger charge is 2.30. The Morgan fingerprint density at radius 3 is 2.39 bits per heavy atom. The molecular formula is C24H21F4N5. The summed E-state index contributed by atoms with van der Waals surface area (Å²) < 4.78 is 53.9. The number of alkyl halides is 3. The van der Waals surface area contributed by atoms with Gasteiger partial charge < -0.3 is 9.88 Å². The molecule has 0 fully saturated rings. The Labute approximate surface area is 188 Å². The van der Waals surface area contributed by atoms with Gasteiger partial charge in [0.15, 0.2) is 0 Å². The molecule has 0 amide bonds. The van der Waals surface area contributed by atoms with Crippen LogP contribution in [0.1, 0.15) is 12.0 Å². The Bertz CT molecular complexity index is 1190. The van der Waals surface area contributed by atoms with Crippen molar-refractivity contribution in [2.45, 2.75) is 25.6 Å². The summed E-state index contributed by atoms with van der Waals surface area (Å²) in [6, 6.07) is 17.0. The zero-order valence-corrected chi connectivity index (χ0v) is 17.6. The SMILES string of the molecule is Fc1ccc(-c2ncn(CC(F)(F)F)c2-c2ccnc(NCCCc3ccccc3)n2)cc1. The predicted octanol–water partition coefficient (Wildman–Crippen LogP) is 5.75. The highest BCUT2D eigenvalue weighted by atomic mass is 19.4. The van der Waals surface area contributed by atoms with E-state index in [2.05, 4.69) is 32.4 Å². The molecule has 0 atom stereocenters. The van der Waals surface area contributed by atoms with Gasteiger partial charge in [-0.15, -0.1) is 0 Å². The molecule has 1 N–H and O–H groups in total. The van der Waals surface area contributed by atoms with Crippen LogP contribution in [0, 0.1) is 5.82 Å². The van der Waals surface area contributed by atoms with Crippen molar-refractivity contribution in [3.8, 4) is 22.6 Å². The number of nitrogens with zero attached hydrogens (tertiary/aromatic N) is 4. The van der Waals surface area contributed by atoms with Gasteiger partial charge in [0.05, 0.1) is 23.4 Å². The van der Waals surface area contributed by atoms with Crippen molar-refractivity contribution < 1.29 is 17.6 Å². The molecule has 170 valence electrons. The number of halogens is 4. The molecule has 5 nitrogen and oxygen atoms in total. The molecule has 2 heterocycles. The number of hydrogen-bond acceptors (Lipinski definition) is 4. The van der Waals surface area contributed by atoms with Crippen LogP contribution < -0.4 is 5.32 Å². The van der Waals surface area contributed by atoms with Crippen LogP contribution in [0.3, 0.4) is 0 Å². The van der Waals surface area contributed by atoms with Crippen LogP contribution in [0.2, 0.25) is 0 Å². The minimum absolute atomic E-state index is 0.189. The van der Waals surface area contributed by atoms with Crippen molar-refractivity contribution >= 4 is 5.95 Å². The zero-order valence-electron chi connectivity index (χ0n) is 17.6. The number of imidazole rings is 1. The number of aryl methyl sites for hydroxylation is 1. The number of benzene rings is 2. The molecule has 0 radical (unpaired) electrons. The first-order valence-electron chi connectivity index (χ1n) is 10.4. The summed E-state index contributed by atoms with van der Waals surface area (Å²) in [7, 11) is 0. The van der Waals surface area contributed by atoms with E-state index in [1.807, 2.05) is 18.2 Å². The molecule has 0 unspecified atom stereocenters. The van der Waals surface area contributed by atoms with E-state index in [1.54, 1.807) is 0 Å². The molecule has 33 heavy (non-hydrogen) atoms. The fourth-order valence-electron chi connectivity index (χ4n) is 3.50. The van der Waals surface area contributed by atoms with E-state index < -0.39 is 18.5 Å². The Morgan fingerprint density at radius 2 is 1.67 bits per heavy atom. The number of hydrogen-bond donors (Lipinski definition) is 1. The number of anilines is 1. The zero-order chi connectivity index (χ0) is 23.3. The van der Waals surface area contributed by atoms with Crippen LogP contribution >= 0.6 is 0 Å². The van der Waals surface area contributed by atoms with Gasteiger partial charge in [-0.1, -0.05) is 30.3 Å². The quantitative estimate of drug-likeness (QED) is 0.271. The average molecular weight is 455 g/mol. The minimum atomic E-state index is -4.44. The smallest absolute Gasteiger partial charge is 0.354 e. The fourth-order valence-corrected chi connectivity index (χ4v) is 3.50. The molecule has 0 saturated carbocycles. The molecule has 9 heteroatoms. The largest absolute Gasteiger partial charge is 0.406 e. The van der Waals surface area contributed by atoms with Crippen molar-refractivity contribution in [2.75, 3.05) is 11.9 Å². The van der Waals surface area contributed by atoms with Gasteiger partial charge in [-0.3, -0.25) is 0 Å². The Kier molecular flexibility index (Phi) is 6.67. The number of rotatable bonds is 8. The first-order chi connectivity index (χ1) is 15.9. The molecule has 4 aromatic rings. The Hall–Kier alpha value is -3.75. The van der Waals surface area contributed by atoms with E-state index in [1.165, 1.54) is 42.1 Å². The third-order valence-corrected chi connectivity index (χ3v) is 4.97. The third-order valence-electron chi connectivity index (χ3n) is 4.97. The number of nitrogens with one attached hydrogen (secondary N) is 1. The van der Waals surface area contributed by atoms with Gasteiger partial charge in [-0.2, -0.15) is 13.2 Å². The third kappa shape index (κ3) is 5.94. The Morgan fingerprint density at radius 1 is 0.909 bits per heavy atom. The molecule has 0 spiro atoms. The summed E-state index contributed by atoms with van der Waals surface area (Å²) in [6.07, 6.45) is -0.121. The fraction of sp³-hybridized carbons (Fsp3) is 0.208. The van der Waals surface area contributed by atoms with Gasteiger partial charge >= 0.3 is 6.18 Å². The van der Waals surface area contributed by atoms with Crippen molar-refractivity contribution in [3.63, 3.8) is 0 Å². The molecule has 2 aromatic carbocycles. The van der Waals surface area contributed by atoms with E-state index in [0.717, 1.165) is 23.7 Å². The summed E-state index contributed by atoms with van der Waals surface area (Å²) in [5, 5.41) is 3.13. The number of aromatic nitrogens is 4. The summed E-state index contributed by atoms with van der Waals surface area (Å²) >= 11 is 0. The molecule has 0 bridgehead atoms. The summed E-state index contributed by atoms with van der Waals surface area (Å²) in [5.41, 5.74) is 2.47. The van der Waals surface area contributed by atoms with Gasteiger partial charge in [0, 0.05) is 18.3 Å². The van der Waals surface area contributed by atoms with Gasteiger partial charge in [0.2, 0.25) is 5.95 Å². The topological polar surface area (TPSA) is 55.6 Å². The molecule has 4 rings (SSSR count). The lowest BCUT2D eigenvalue weighted by Gasteiger charge is -2.13. The average Bonchev–Trinajstić information content (AvgIpc) is 3.20. The van der Waals surface area contributed by atoms with Gasteiger partial charge in [0.1, 0.15) is 12.4 Å². The summed E-state index contributed by atoms with van der Waals surface area (Å²) in [6.45, 7) is -0.620. The summed E-state index contributed by atoms with van der Waals surface area (Å²) in [5.74, 6) is -0.135. The monoisotopic (exact) mass is 455 g/mol. The first kappa shape index (κ1) is 22.4. The van der Waals surface area contributed by atoms with Crippen LogP contribution in [-0.2, 0) is 13.0 Å². The lowest BCUT2D eigenvalue weighted by Crippen LogP contribution is -2.18. The molecular weight excluding hydrogens is 434 g/mol. The van der Waals surface area contributed by atoms with Crippen LogP contribution in [0.4, 0.5) is 23.5 Å². The molecule has 0 aliphatic rings. The molecule has 0 aliphatic carbocycles. The molecule has 0 saturated heterocycles. The van der Waals surface area contributed by atoms with E-state index in [4.69, 9.17) is 0 Å². The van der Waals surface area contributed by atoms with Crippen LogP contribution in [0.15, 0.2) is 73.2 Å². The highest BCUT2D eigenvalue weighted by Crippen LogP contribution is 2.32. The van der Waals surface area contributed by atoms with Crippen molar-refractivity contribution in [3.05, 3.63) is 84.6 Å².